The number of amides is 1. The highest BCUT2D eigenvalue weighted by Crippen LogP contribution is 2.25. The van der Waals surface area contributed by atoms with Gasteiger partial charge in [-0.1, -0.05) is 60.7 Å². The molecule has 4 rings (SSSR count). The molecule has 5 heteroatoms. The van der Waals surface area contributed by atoms with Crippen molar-refractivity contribution in [3.63, 3.8) is 0 Å². The maximum atomic E-state index is 13.3. The molecule has 0 saturated carbocycles. The molecule has 0 unspecified atom stereocenters. The Balaban J connectivity index is 1.73. The molecule has 0 heterocycles. The first kappa shape index (κ1) is 18.7. The van der Waals surface area contributed by atoms with E-state index < -0.39 is 5.97 Å². The van der Waals surface area contributed by atoms with Gasteiger partial charge in [0, 0.05) is 5.56 Å². The van der Waals surface area contributed by atoms with E-state index in [0.717, 1.165) is 26.6 Å². The number of hydrogen-bond donors (Lipinski definition) is 0. The van der Waals surface area contributed by atoms with Gasteiger partial charge < -0.3 is 4.74 Å². The first-order valence-corrected chi connectivity index (χ1v) is 9.17. The third kappa shape index (κ3) is 3.95. The summed E-state index contributed by atoms with van der Waals surface area (Å²) in [6, 6.07) is 26.6. The predicted octanol–water partition coefficient (Wildman–Crippen LogP) is 4.74. The first-order valence-electron chi connectivity index (χ1n) is 9.17. The second-order valence-electron chi connectivity index (χ2n) is 6.54. The average Bonchev–Trinajstić information content (AvgIpc) is 2.78. The van der Waals surface area contributed by atoms with E-state index in [-0.39, 0.29) is 12.5 Å². The van der Waals surface area contributed by atoms with Crippen LogP contribution in [0.3, 0.4) is 0 Å². The van der Waals surface area contributed by atoms with Crippen LogP contribution in [-0.2, 0) is 14.4 Å². The number of ether oxygens (including phenoxy) is 1. The molecule has 1 amide bonds. The fraction of sp³-hybridized carbons (Fsp3) is 0.0833. The molecule has 4 aromatic carbocycles. The lowest BCUT2D eigenvalue weighted by atomic mass is 10.1. The van der Waals surface area contributed by atoms with Crippen LogP contribution in [0.25, 0.3) is 21.5 Å². The standard InChI is InChI=1S/C24H19NO4/c1-28-23(26)16-29-25(22-13-12-18-7-3-5-9-20(18)15-22)24(27)21-11-10-17-6-2-4-8-19(17)14-21/h2-15H,16H2,1H3. The molecule has 144 valence electrons. The Kier molecular flexibility index (Phi) is 5.22. The van der Waals surface area contributed by atoms with Gasteiger partial charge in [0.05, 0.1) is 12.8 Å². The third-order valence-electron chi connectivity index (χ3n) is 4.69. The Morgan fingerprint density at radius 1 is 0.759 bits per heavy atom. The highest BCUT2D eigenvalue weighted by Gasteiger charge is 2.21. The Labute approximate surface area is 168 Å². The summed E-state index contributed by atoms with van der Waals surface area (Å²) in [7, 11) is 1.28. The van der Waals surface area contributed by atoms with Crippen LogP contribution < -0.4 is 5.06 Å². The number of fused-ring (bicyclic) bond motifs is 2. The van der Waals surface area contributed by atoms with Crippen molar-refractivity contribution in [2.24, 2.45) is 0 Å². The first-order chi connectivity index (χ1) is 14.2. The highest BCUT2D eigenvalue weighted by atomic mass is 16.7. The van der Waals surface area contributed by atoms with Gasteiger partial charge in [-0.05, 0) is 45.8 Å². The summed E-state index contributed by atoms with van der Waals surface area (Å²) in [5.41, 5.74) is 0.993. The molecule has 0 aliphatic carbocycles. The lowest BCUT2D eigenvalue weighted by Crippen LogP contribution is -2.33. The van der Waals surface area contributed by atoms with Crippen LogP contribution in [0.15, 0.2) is 84.9 Å². The lowest BCUT2D eigenvalue weighted by Gasteiger charge is -2.22. The van der Waals surface area contributed by atoms with Crippen LogP contribution >= 0.6 is 0 Å². The van der Waals surface area contributed by atoms with Gasteiger partial charge >= 0.3 is 5.97 Å². The summed E-state index contributed by atoms with van der Waals surface area (Å²) < 4.78 is 4.65. The Bertz CT molecular complexity index is 1200. The number of benzene rings is 4. The SMILES string of the molecule is COC(=O)CON(C(=O)c1ccc2ccccc2c1)c1ccc2ccccc2c1. The van der Waals surface area contributed by atoms with E-state index in [9.17, 15) is 9.59 Å². The number of hydrogen-bond acceptors (Lipinski definition) is 4. The number of methoxy groups -OCH3 is 1. The van der Waals surface area contributed by atoms with Gasteiger partial charge in [0.2, 0.25) is 0 Å². The molecule has 0 spiro atoms. The summed E-state index contributed by atoms with van der Waals surface area (Å²) in [5.74, 6) is -0.933. The zero-order valence-corrected chi connectivity index (χ0v) is 15.9. The number of carbonyl (C=O) groups excluding carboxylic acids is 2. The van der Waals surface area contributed by atoms with Crippen LogP contribution in [0.2, 0.25) is 0 Å². The molecule has 0 aromatic heterocycles. The number of anilines is 1. The van der Waals surface area contributed by atoms with E-state index in [0.29, 0.717) is 11.3 Å². The molecule has 0 N–H and O–H groups in total. The maximum Gasteiger partial charge on any atom is 0.334 e. The second-order valence-corrected chi connectivity index (χ2v) is 6.54. The van der Waals surface area contributed by atoms with Crippen molar-refractivity contribution < 1.29 is 19.2 Å². The normalized spacial score (nSPS) is 10.8. The van der Waals surface area contributed by atoms with Crippen molar-refractivity contribution in [3.8, 4) is 0 Å². The largest absolute Gasteiger partial charge is 0.467 e. The van der Waals surface area contributed by atoms with Crippen molar-refractivity contribution in [1.82, 2.24) is 0 Å². The molecule has 0 atom stereocenters. The molecule has 29 heavy (non-hydrogen) atoms. The van der Waals surface area contributed by atoms with Crippen LogP contribution in [0.5, 0.6) is 0 Å². The minimum absolute atomic E-state index is 0.366. The van der Waals surface area contributed by atoms with E-state index >= 15 is 0 Å². The third-order valence-corrected chi connectivity index (χ3v) is 4.69. The van der Waals surface area contributed by atoms with Crippen LogP contribution in [0, 0.1) is 0 Å². The molecular formula is C24H19NO4. The van der Waals surface area contributed by atoms with Gasteiger partial charge in [-0.25, -0.2) is 4.79 Å². The fourth-order valence-corrected chi connectivity index (χ4v) is 3.17. The molecule has 0 aliphatic heterocycles. The van der Waals surface area contributed by atoms with Crippen molar-refractivity contribution in [2.45, 2.75) is 0 Å². The van der Waals surface area contributed by atoms with Crippen molar-refractivity contribution in [2.75, 3.05) is 18.8 Å². The maximum absolute atomic E-state index is 13.3. The van der Waals surface area contributed by atoms with Gasteiger partial charge in [-0.2, -0.15) is 5.06 Å². The fourth-order valence-electron chi connectivity index (χ4n) is 3.17. The Hall–Kier alpha value is -3.70. The summed E-state index contributed by atoms with van der Waals surface area (Å²) in [5, 5.41) is 5.14. The molecule has 0 bridgehead atoms. The number of rotatable bonds is 5. The van der Waals surface area contributed by atoms with Crippen molar-refractivity contribution in [3.05, 3.63) is 90.5 Å². The average molecular weight is 385 g/mol. The molecule has 0 aliphatic rings. The molecule has 4 aromatic rings. The zero-order valence-electron chi connectivity index (χ0n) is 15.9. The lowest BCUT2D eigenvalue weighted by molar-refractivity contribution is -0.145. The summed E-state index contributed by atoms with van der Waals surface area (Å²) in [6.45, 7) is -0.372. The van der Waals surface area contributed by atoms with Gasteiger partial charge in [-0.3, -0.25) is 9.63 Å². The Morgan fingerprint density at radius 3 is 2.00 bits per heavy atom. The van der Waals surface area contributed by atoms with E-state index in [1.807, 2.05) is 72.8 Å². The van der Waals surface area contributed by atoms with Crippen molar-refractivity contribution >= 4 is 39.1 Å². The highest BCUT2D eigenvalue weighted by molar-refractivity contribution is 6.07. The minimum atomic E-state index is -0.567. The van der Waals surface area contributed by atoms with E-state index in [1.165, 1.54) is 7.11 Å². The predicted molar refractivity (Wildman–Crippen MR) is 113 cm³/mol. The van der Waals surface area contributed by atoms with Crippen LogP contribution in [-0.4, -0.2) is 25.6 Å². The number of hydroxylamine groups is 1. The van der Waals surface area contributed by atoms with Gasteiger partial charge in [0.1, 0.15) is 0 Å². The van der Waals surface area contributed by atoms with Gasteiger partial charge in [0.15, 0.2) is 6.61 Å². The molecule has 0 saturated heterocycles. The molecular weight excluding hydrogens is 366 g/mol. The topological polar surface area (TPSA) is 55.8 Å². The summed E-state index contributed by atoms with van der Waals surface area (Å²) >= 11 is 0. The van der Waals surface area contributed by atoms with Crippen molar-refractivity contribution in [1.29, 1.82) is 0 Å². The number of carbonyl (C=O) groups is 2. The minimum Gasteiger partial charge on any atom is -0.467 e. The zero-order chi connectivity index (χ0) is 20.2. The second kappa shape index (κ2) is 8.12. The molecule has 5 nitrogen and oxygen atoms in total. The Morgan fingerprint density at radius 2 is 1.34 bits per heavy atom. The number of esters is 1. The van der Waals surface area contributed by atoms with Crippen LogP contribution in [0.4, 0.5) is 5.69 Å². The summed E-state index contributed by atoms with van der Waals surface area (Å²) in [4.78, 5) is 30.5. The monoisotopic (exact) mass is 385 g/mol. The van der Waals surface area contributed by atoms with E-state index in [4.69, 9.17) is 4.84 Å². The molecule has 0 fully saturated rings. The molecule has 0 radical (unpaired) electrons. The summed E-state index contributed by atoms with van der Waals surface area (Å²) in [6.07, 6.45) is 0. The smallest absolute Gasteiger partial charge is 0.334 e. The quantitative estimate of drug-likeness (QED) is 0.368. The van der Waals surface area contributed by atoms with E-state index in [1.54, 1.807) is 12.1 Å². The van der Waals surface area contributed by atoms with Crippen LogP contribution in [0.1, 0.15) is 10.4 Å². The number of nitrogens with zero attached hydrogens (tertiary/aromatic N) is 1. The van der Waals surface area contributed by atoms with Gasteiger partial charge in [-0.15, -0.1) is 0 Å². The van der Waals surface area contributed by atoms with Gasteiger partial charge in [0.25, 0.3) is 5.91 Å². The van der Waals surface area contributed by atoms with E-state index in [2.05, 4.69) is 4.74 Å².